The molecule has 0 bridgehead atoms. The average Bonchev–Trinajstić information content (AvgIpc) is 3.30. The van der Waals surface area contributed by atoms with Crippen LogP contribution in [0.2, 0.25) is 0 Å². The van der Waals surface area contributed by atoms with Crippen molar-refractivity contribution >= 4 is 23.2 Å². The molecule has 2 fully saturated rings. The zero-order chi connectivity index (χ0) is 25.6. The summed E-state index contributed by atoms with van der Waals surface area (Å²) in [6, 6.07) is 20.4. The standard InChI is InChI=1S/C30H35N5O2/c1-23-6-8-25(9-7-23)21-35-22-26(20-29(35)36)30(37)32-27-4-2-3-5-28(27)34-18-16-33(17-19-34)15-12-24-10-13-31-14-11-24/h2-11,13-14,26H,12,15-22H2,1H3,(H,32,37). The van der Waals surface area contributed by atoms with Gasteiger partial charge in [-0.1, -0.05) is 42.0 Å². The van der Waals surface area contributed by atoms with E-state index in [-0.39, 0.29) is 24.2 Å². The van der Waals surface area contributed by atoms with Crippen molar-refractivity contribution in [2.24, 2.45) is 5.92 Å². The Morgan fingerprint density at radius 3 is 2.43 bits per heavy atom. The predicted molar refractivity (Wildman–Crippen MR) is 146 cm³/mol. The highest BCUT2D eigenvalue weighted by Gasteiger charge is 2.34. The lowest BCUT2D eigenvalue weighted by Gasteiger charge is -2.37. The molecule has 5 rings (SSSR count). The summed E-state index contributed by atoms with van der Waals surface area (Å²) in [6.45, 7) is 7.88. The van der Waals surface area contributed by atoms with Crippen LogP contribution >= 0.6 is 0 Å². The number of carbonyl (C=O) groups is 2. The van der Waals surface area contributed by atoms with Crippen molar-refractivity contribution in [1.29, 1.82) is 0 Å². The highest BCUT2D eigenvalue weighted by atomic mass is 16.2. The number of hydrogen-bond donors (Lipinski definition) is 1. The van der Waals surface area contributed by atoms with Gasteiger partial charge in [0, 0.05) is 64.6 Å². The maximum Gasteiger partial charge on any atom is 0.229 e. The first-order valence-corrected chi connectivity index (χ1v) is 13.1. The van der Waals surface area contributed by atoms with E-state index in [4.69, 9.17) is 0 Å². The van der Waals surface area contributed by atoms with Crippen LogP contribution in [0.4, 0.5) is 11.4 Å². The Balaban J connectivity index is 1.15. The molecule has 7 nitrogen and oxygen atoms in total. The molecular formula is C30H35N5O2. The normalized spacial score (nSPS) is 18.3. The molecule has 0 radical (unpaired) electrons. The fourth-order valence-electron chi connectivity index (χ4n) is 5.15. The Hall–Kier alpha value is -3.71. The average molecular weight is 498 g/mol. The van der Waals surface area contributed by atoms with Gasteiger partial charge in [0.05, 0.1) is 17.3 Å². The smallest absolute Gasteiger partial charge is 0.229 e. The highest BCUT2D eigenvalue weighted by molar-refractivity contribution is 5.99. The number of hydrogen-bond acceptors (Lipinski definition) is 5. The first-order chi connectivity index (χ1) is 18.0. The number of aryl methyl sites for hydroxylation is 1. The van der Waals surface area contributed by atoms with E-state index in [1.807, 2.05) is 49.6 Å². The number of nitrogens with one attached hydrogen (secondary N) is 1. The Labute approximate surface area is 219 Å². The number of anilines is 2. The topological polar surface area (TPSA) is 68.8 Å². The van der Waals surface area contributed by atoms with Gasteiger partial charge in [0.15, 0.2) is 0 Å². The lowest BCUT2D eigenvalue weighted by atomic mass is 10.1. The van der Waals surface area contributed by atoms with Crippen LogP contribution in [0, 0.1) is 12.8 Å². The second-order valence-electron chi connectivity index (χ2n) is 10.1. The van der Waals surface area contributed by atoms with Gasteiger partial charge in [0.25, 0.3) is 0 Å². The number of likely N-dealkylation sites (tertiary alicyclic amines) is 1. The van der Waals surface area contributed by atoms with Gasteiger partial charge in [-0.05, 0) is 48.7 Å². The summed E-state index contributed by atoms with van der Waals surface area (Å²) in [7, 11) is 0. The Morgan fingerprint density at radius 2 is 1.68 bits per heavy atom. The van der Waals surface area contributed by atoms with Gasteiger partial charge in [0.1, 0.15) is 0 Å². The molecule has 0 aliphatic carbocycles. The lowest BCUT2D eigenvalue weighted by molar-refractivity contribution is -0.128. The van der Waals surface area contributed by atoms with Gasteiger partial charge >= 0.3 is 0 Å². The molecule has 2 saturated heterocycles. The number of piperazine rings is 1. The third-order valence-corrected chi connectivity index (χ3v) is 7.42. The molecule has 1 atom stereocenters. The molecule has 1 N–H and O–H groups in total. The zero-order valence-electron chi connectivity index (χ0n) is 21.5. The number of pyridine rings is 1. The first kappa shape index (κ1) is 25.0. The molecule has 0 saturated carbocycles. The molecule has 192 valence electrons. The molecule has 1 unspecified atom stereocenters. The van der Waals surface area contributed by atoms with Gasteiger partial charge in [-0.2, -0.15) is 0 Å². The molecule has 1 aromatic heterocycles. The van der Waals surface area contributed by atoms with Crippen LogP contribution in [0.25, 0.3) is 0 Å². The number of carbonyl (C=O) groups excluding carboxylic acids is 2. The molecule has 0 spiro atoms. The van der Waals surface area contributed by atoms with Crippen LogP contribution in [0.1, 0.15) is 23.1 Å². The van der Waals surface area contributed by atoms with Gasteiger partial charge in [-0.15, -0.1) is 0 Å². The summed E-state index contributed by atoms with van der Waals surface area (Å²) in [5, 5.41) is 3.14. The zero-order valence-corrected chi connectivity index (χ0v) is 21.5. The summed E-state index contributed by atoms with van der Waals surface area (Å²) < 4.78 is 0. The van der Waals surface area contributed by atoms with E-state index in [0.29, 0.717) is 13.1 Å². The number of amides is 2. The van der Waals surface area contributed by atoms with E-state index in [0.717, 1.165) is 56.1 Å². The monoisotopic (exact) mass is 497 g/mol. The highest BCUT2D eigenvalue weighted by Crippen LogP contribution is 2.29. The van der Waals surface area contributed by atoms with Gasteiger partial charge in [0.2, 0.25) is 11.8 Å². The van der Waals surface area contributed by atoms with Crippen molar-refractivity contribution in [3.63, 3.8) is 0 Å². The minimum atomic E-state index is -0.337. The van der Waals surface area contributed by atoms with Crippen LogP contribution in [0.3, 0.4) is 0 Å². The Morgan fingerprint density at radius 1 is 0.946 bits per heavy atom. The van der Waals surface area contributed by atoms with Crippen molar-refractivity contribution in [1.82, 2.24) is 14.8 Å². The number of para-hydroxylation sites is 2. The second-order valence-corrected chi connectivity index (χ2v) is 10.1. The summed E-state index contributed by atoms with van der Waals surface area (Å²) in [6.07, 6.45) is 4.98. The quantitative estimate of drug-likeness (QED) is 0.514. The molecule has 37 heavy (non-hydrogen) atoms. The van der Waals surface area contributed by atoms with E-state index in [2.05, 4.69) is 50.4 Å². The molecule has 7 heteroatoms. The van der Waals surface area contributed by atoms with E-state index >= 15 is 0 Å². The fraction of sp³-hybridized carbons (Fsp3) is 0.367. The number of rotatable bonds is 8. The predicted octanol–water partition coefficient (Wildman–Crippen LogP) is 3.74. The van der Waals surface area contributed by atoms with E-state index in [1.54, 1.807) is 4.90 Å². The molecule has 2 aliphatic heterocycles. The van der Waals surface area contributed by atoms with Crippen molar-refractivity contribution in [2.45, 2.75) is 26.3 Å². The molecule has 2 amide bonds. The van der Waals surface area contributed by atoms with Gasteiger partial charge in [-0.25, -0.2) is 0 Å². The summed E-state index contributed by atoms with van der Waals surface area (Å²) in [5.41, 5.74) is 5.46. The Bertz CT molecular complexity index is 1210. The van der Waals surface area contributed by atoms with Crippen LogP contribution in [0.5, 0.6) is 0 Å². The molecule has 2 aliphatic rings. The molecule has 3 heterocycles. The van der Waals surface area contributed by atoms with E-state index < -0.39 is 0 Å². The van der Waals surface area contributed by atoms with Crippen LogP contribution in [-0.4, -0.2) is 65.9 Å². The molecular weight excluding hydrogens is 462 g/mol. The third-order valence-electron chi connectivity index (χ3n) is 7.42. The minimum Gasteiger partial charge on any atom is -0.367 e. The fourth-order valence-corrected chi connectivity index (χ4v) is 5.15. The largest absolute Gasteiger partial charge is 0.367 e. The number of nitrogens with zero attached hydrogens (tertiary/aromatic N) is 4. The minimum absolute atomic E-state index is 0.0388. The van der Waals surface area contributed by atoms with Crippen molar-refractivity contribution < 1.29 is 9.59 Å². The van der Waals surface area contributed by atoms with Crippen molar-refractivity contribution in [3.05, 3.63) is 89.7 Å². The van der Waals surface area contributed by atoms with Crippen LogP contribution in [0.15, 0.2) is 73.1 Å². The molecule has 2 aromatic carbocycles. The van der Waals surface area contributed by atoms with Gasteiger partial charge < -0.3 is 15.1 Å². The van der Waals surface area contributed by atoms with Crippen LogP contribution < -0.4 is 10.2 Å². The lowest BCUT2D eigenvalue weighted by Crippen LogP contribution is -2.47. The Kier molecular flexibility index (Phi) is 7.80. The summed E-state index contributed by atoms with van der Waals surface area (Å²) in [4.78, 5) is 36.6. The number of benzene rings is 2. The summed E-state index contributed by atoms with van der Waals surface area (Å²) >= 11 is 0. The SMILES string of the molecule is Cc1ccc(CN2CC(C(=O)Nc3ccccc3N3CCN(CCc4ccncc4)CC3)CC2=O)cc1. The first-order valence-electron chi connectivity index (χ1n) is 13.1. The maximum atomic E-state index is 13.2. The number of aromatic nitrogens is 1. The molecule has 3 aromatic rings. The maximum absolute atomic E-state index is 13.2. The van der Waals surface area contributed by atoms with E-state index in [1.165, 1.54) is 11.1 Å². The van der Waals surface area contributed by atoms with E-state index in [9.17, 15) is 9.59 Å². The second kappa shape index (κ2) is 11.6. The van der Waals surface area contributed by atoms with Gasteiger partial charge in [-0.3, -0.25) is 19.5 Å². The third kappa shape index (κ3) is 6.35. The van der Waals surface area contributed by atoms with Crippen molar-refractivity contribution in [3.8, 4) is 0 Å². The van der Waals surface area contributed by atoms with Crippen molar-refractivity contribution in [2.75, 3.05) is 49.5 Å². The summed E-state index contributed by atoms with van der Waals surface area (Å²) in [5.74, 6) is -0.379. The van der Waals surface area contributed by atoms with Crippen LogP contribution in [-0.2, 0) is 22.6 Å².